The van der Waals surface area contributed by atoms with Crippen LogP contribution < -0.4 is 5.32 Å². The summed E-state index contributed by atoms with van der Waals surface area (Å²) in [5.41, 5.74) is 0.985. The van der Waals surface area contributed by atoms with Crippen molar-refractivity contribution in [3.05, 3.63) is 53.5 Å². The molecule has 4 N–H and O–H groups in total. The Kier molecular flexibility index (Phi) is 6.77. The van der Waals surface area contributed by atoms with Gasteiger partial charge in [-0.1, -0.05) is 55.9 Å². The predicted molar refractivity (Wildman–Crippen MR) is 122 cm³/mol. The lowest BCUT2D eigenvalue weighted by Crippen LogP contribution is -2.71. The van der Waals surface area contributed by atoms with Crippen LogP contribution in [0.5, 0.6) is 0 Å². The minimum Gasteiger partial charge on any atom is -0.477 e. The number of amides is 2. The fraction of sp³-hybridized carbons (Fsp3) is 0.381. The van der Waals surface area contributed by atoms with E-state index in [9.17, 15) is 24.6 Å². The number of carboxylic acid groups (broad SMARTS) is 1. The highest BCUT2D eigenvalue weighted by molar-refractivity contribution is 8.01. The first-order valence-electron chi connectivity index (χ1n) is 10.3. The van der Waals surface area contributed by atoms with Gasteiger partial charge in [0.1, 0.15) is 23.4 Å². The molecule has 1 aromatic heterocycles. The molecule has 1 saturated heterocycles. The monoisotopic (exact) mass is 489 g/mol. The number of hydrogen-bond donors (Lipinski definition) is 4. The number of aliphatic hydroxyl groups is 1. The van der Waals surface area contributed by atoms with Gasteiger partial charge in [0.2, 0.25) is 0 Å². The second kappa shape index (κ2) is 9.57. The zero-order chi connectivity index (χ0) is 23.7. The molecule has 33 heavy (non-hydrogen) atoms. The normalized spacial score (nSPS) is 21.9. The lowest BCUT2D eigenvalue weighted by molar-refractivity contribution is -0.151. The van der Waals surface area contributed by atoms with E-state index in [4.69, 9.17) is 0 Å². The van der Waals surface area contributed by atoms with E-state index in [1.165, 1.54) is 34.8 Å². The van der Waals surface area contributed by atoms with E-state index < -0.39 is 35.3 Å². The summed E-state index contributed by atoms with van der Waals surface area (Å²) in [7, 11) is 0. The van der Waals surface area contributed by atoms with Gasteiger partial charge < -0.3 is 15.5 Å². The Hall–Kier alpha value is -2.83. The number of thioether (sulfide) groups is 2. The van der Waals surface area contributed by atoms with Gasteiger partial charge in [-0.15, -0.1) is 11.8 Å². The average Bonchev–Trinajstić information content (AvgIpc) is 3.33. The van der Waals surface area contributed by atoms with E-state index >= 15 is 0 Å². The summed E-state index contributed by atoms with van der Waals surface area (Å²) in [6, 6.07) is 7.49. The van der Waals surface area contributed by atoms with Crippen LogP contribution in [0, 0.1) is 5.92 Å². The Labute approximate surface area is 198 Å². The van der Waals surface area contributed by atoms with Gasteiger partial charge in [0.05, 0.1) is 0 Å². The molecule has 10 nitrogen and oxygen atoms in total. The number of carboxylic acids is 1. The number of benzene rings is 1. The molecule has 0 saturated carbocycles. The summed E-state index contributed by atoms with van der Waals surface area (Å²) in [5, 5.41) is 29.3. The summed E-state index contributed by atoms with van der Waals surface area (Å²) < 4.78 is 0. The van der Waals surface area contributed by atoms with Crippen molar-refractivity contribution in [3.8, 4) is 0 Å². The minimum atomic E-state index is -1.42. The number of fused-ring (bicyclic) bond motifs is 1. The van der Waals surface area contributed by atoms with Crippen molar-refractivity contribution < 1.29 is 24.6 Å². The third-order valence-electron chi connectivity index (χ3n) is 5.44. The number of carbonyl (C=O) groups is 3. The van der Waals surface area contributed by atoms with Crippen LogP contribution in [0.2, 0.25) is 0 Å². The summed E-state index contributed by atoms with van der Waals surface area (Å²) >= 11 is 2.76. The van der Waals surface area contributed by atoms with Gasteiger partial charge in [-0.2, -0.15) is 5.10 Å². The molecule has 3 unspecified atom stereocenters. The number of nitrogens with zero attached hydrogens (tertiary/aromatic N) is 3. The van der Waals surface area contributed by atoms with Crippen molar-refractivity contribution in [1.82, 2.24) is 25.4 Å². The third kappa shape index (κ3) is 4.50. The van der Waals surface area contributed by atoms with Gasteiger partial charge in [0, 0.05) is 11.0 Å². The minimum absolute atomic E-state index is 0.0522. The lowest BCUT2D eigenvalue weighted by Gasteiger charge is -2.50. The zero-order valence-corrected chi connectivity index (χ0v) is 19.5. The number of aliphatic hydroxyl groups excluding tert-OH is 1. The molecule has 1 aromatic carbocycles. The number of carbonyl (C=O) groups excluding carboxylic acids is 2. The molecule has 0 aliphatic carbocycles. The van der Waals surface area contributed by atoms with Crippen LogP contribution in [0.1, 0.15) is 25.5 Å². The Bertz CT molecular complexity index is 1080. The van der Waals surface area contributed by atoms with Crippen molar-refractivity contribution in [1.29, 1.82) is 0 Å². The Morgan fingerprint density at radius 1 is 1.30 bits per heavy atom. The largest absolute Gasteiger partial charge is 0.477 e. The number of hydrogen-bond acceptors (Lipinski definition) is 8. The van der Waals surface area contributed by atoms with Crippen LogP contribution in [-0.4, -0.2) is 70.5 Å². The van der Waals surface area contributed by atoms with E-state index in [1.54, 1.807) is 30.3 Å². The van der Waals surface area contributed by atoms with Gasteiger partial charge in [-0.3, -0.25) is 19.6 Å². The van der Waals surface area contributed by atoms with Crippen LogP contribution in [0.4, 0.5) is 0 Å². The zero-order valence-electron chi connectivity index (χ0n) is 17.8. The summed E-state index contributed by atoms with van der Waals surface area (Å²) in [4.78, 5) is 43.1. The molecular weight excluding hydrogens is 466 g/mol. The Morgan fingerprint density at radius 3 is 2.64 bits per heavy atom. The molecule has 0 bridgehead atoms. The molecule has 2 aliphatic heterocycles. The molecule has 1 fully saturated rings. The van der Waals surface area contributed by atoms with Crippen LogP contribution in [0.15, 0.2) is 53.1 Å². The van der Waals surface area contributed by atoms with Crippen LogP contribution in [-0.2, 0) is 14.4 Å². The van der Waals surface area contributed by atoms with Gasteiger partial charge >= 0.3 is 5.97 Å². The van der Waals surface area contributed by atoms with Crippen LogP contribution in [0.3, 0.4) is 0 Å². The highest BCUT2D eigenvalue weighted by Crippen LogP contribution is 2.45. The van der Waals surface area contributed by atoms with E-state index in [0.717, 1.165) is 0 Å². The molecule has 4 atom stereocenters. The topological polar surface area (TPSA) is 149 Å². The maximum atomic E-state index is 12.9. The molecule has 3 heterocycles. The number of nitrogens with one attached hydrogen (secondary N) is 2. The number of H-pyrrole nitrogens is 1. The molecule has 2 amide bonds. The SMILES string of the molecule is CC(C)C(Sc1ncn[nH]1)C1=C(C(=O)O)N2C(=O)C(NC(=O)C(O)c3ccccc3)[C@@H]2SC1. The molecule has 2 aliphatic rings. The van der Waals surface area contributed by atoms with E-state index in [1.807, 2.05) is 13.8 Å². The van der Waals surface area contributed by atoms with Gasteiger partial charge in [0.25, 0.3) is 11.8 Å². The number of aromatic nitrogens is 3. The first-order valence-corrected chi connectivity index (χ1v) is 12.2. The molecule has 0 spiro atoms. The van der Waals surface area contributed by atoms with E-state index in [-0.39, 0.29) is 16.9 Å². The standard InChI is InChI=1S/C21H23N5O5S2/c1-10(2)16(33-21-22-9-23-25-21)12-8-32-19-13(18(29)26(19)14(12)20(30)31)24-17(28)15(27)11-6-4-3-5-7-11/h3-7,9-10,13,15-16,19,27H,8H2,1-2H3,(H,24,28)(H,30,31)(H,22,23,25)/t13?,15?,16?,19-/m0/s1. The third-order valence-corrected chi connectivity index (χ3v) is 8.25. The van der Waals surface area contributed by atoms with Crippen LogP contribution >= 0.6 is 23.5 Å². The average molecular weight is 490 g/mol. The number of aromatic amines is 1. The van der Waals surface area contributed by atoms with Crippen LogP contribution in [0.25, 0.3) is 0 Å². The Balaban J connectivity index is 1.54. The molecule has 12 heteroatoms. The van der Waals surface area contributed by atoms with Crippen molar-refractivity contribution in [2.45, 2.75) is 41.8 Å². The number of β-lactam (4-membered cyclic amide) rings is 1. The summed E-state index contributed by atoms with van der Waals surface area (Å²) in [6.07, 6.45) is -0.0381. The fourth-order valence-electron chi connectivity index (χ4n) is 3.86. The fourth-order valence-corrected chi connectivity index (χ4v) is 6.43. The number of rotatable bonds is 8. The number of aliphatic carboxylic acids is 1. The van der Waals surface area contributed by atoms with E-state index in [2.05, 4.69) is 20.5 Å². The maximum absolute atomic E-state index is 12.9. The van der Waals surface area contributed by atoms with Crippen molar-refractivity contribution in [2.75, 3.05) is 5.75 Å². The highest BCUT2D eigenvalue weighted by atomic mass is 32.2. The van der Waals surface area contributed by atoms with Gasteiger partial charge in [-0.05, 0) is 17.1 Å². The van der Waals surface area contributed by atoms with Crippen molar-refractivity contribution >= 4 is 41.3 Å². The molecular formula is C21H23N5O5S2. The summed E-state index contributed by atoms with van der Waals surface area (Å²) in [6.45, 7) is 3.95. The van der Waals surface area contributed by atoms with Gasteiger partial charge in [-0.25, -0.2) is 9.78 Å². The molecule has 4 rings (SSSR count). The lowest BCUT2D eigenvalue weighted by atomic mass is 9.97. The van der Waals surface area contributed by atoms with E-state index in [0.29, 0.717) is 22.0 Å². The van der Waals surface area contributed by atoms with Crippen molar-refractivity contribution in [3.63, 3.8) is 0 Å². The van der Waals surface area contributed by atoms with Crippen molar-refractivity contribution in [2.24, 2.45) is 5.92 Å². The second-order valence-corrected chi connectivity index (χ2v) is 10.2. The second-order valence-electron chi connectivity index (χ2n) is 7.96. The summed E-state index contributed by atoms with van der Waals surface area (Å²) in [5.74, 6) is -1.96. The predicted octanol–water partition coefficient (Wildman–Crippen LogP) is 1.39. The molecule has 174 valence electrons. The van der Waals surface area contributed by atoms with Gasteiger partial charge in [0.15, 0.2) is 11.3 Å². The molecule has 0 radical (unpaired) electrons. The first-order chi connectivity index (χ1) is 15.8. The first kappa shape index (κ1) is 23.3. The highest BCUT2D eigenvalue weighted by Gasteiger charge is 2.55. The molecule has 2 aromatic rings. The Morgan fingerprint density at radius 2 is 2.03 bits per heavy atom. The smallest absolute Gasteiger partial charge is 0.352 e. The maximum Gasteiger partial charge on any atom is 0.352 e. The quantitative estimate of drug-likeness (QED) is 0.319.